The Morgan fingerprint density at radius 2 is 2.17 bits per heavy atom. The Kier molecular flexibility index (Phi) is 5.95. The zero-order valence-corrected chi connectivity index (χ0v) is 14.1. The van der Waals surface area contributed by atoms with Crippen LogP contribution in [-0.4, -0.2) is 20.9 Å². The number of halogens is 2. The first-order chi connectivity index (χ1) is 8.22. The highest BCUT2D eigenvalue weighted by Crippen LogP contribution is 2.42. The summed E-state index contributed by atoms with van der Waals surface area (Å²) in [7, 11) is 0. The van der Waals surface area contributed by atoms with E-state index in [-0.39, 0.29) is 11.0 Å². The van der Waals surface area contributed by atoms with Crippen molar-refractivity contribution in [2.24, 2.45) is 0 Å². The molecule has 0 heterocycles. The molecule has 0 aromatic heterocycles. The molecule has 1 fully saturated rings. The molecule has 0 aromatic rings. The summed E-state index contributed by atoms with van der Waals surface area (Å²) < 4.78 is 0. The van der Waals surface area contributed by atoms with Crippen LogP contribution in [0.5, 0.6) is 0 Å². The fourth-order valence-electron chi connectivity index (χ4n) is 2.37. The molecule has 1 N–H and O–H groups in total. The van der Waals surface area contributed by atoms with Crippen molar-refractivity contribution in [1.82, 2.24) is 0 Å². The van der Waals surface area contributed by atoms with Crippen molar-refractivity contribution in [2.75, 3.05) is 0 Å². The van der Waals surface area contributed by atoms with Gasteiger partial charge in [-0.3, -0.25) is 0 Å². The van der Waals surface area contributed by atoms with Crippen molar-refractivity contribution in [1.29, 1.82) is 0 Å². The van der Waals surface area contributed by atoms with E-state index in [2.05, 4.69) is 29.8 Å². The van der Waals surface area contributed by atoms with Gasteiger partial charge >= 0.3 is 0 Å². The van der Waals surface area contributed by atoms with Crippen LogP contribution in [0, 0.1) is 0 Å². The van der Waals surface area contributed by atoms with E-state index in [1.165, 1.54) is 11.1 Å². The van der Waals surface area contributed by atoms with Crippen molar-refractivity contribution >= 4 is 27.5 Å². The van der Waals surface area contributed by atoms with E-state index < -0.39 is 0 Å². The zero-order valence-electron chi connectivity index (χ0n) is 11.8. The lowest BCUT2D eigenvalue weighted by atomic mass is 9.83. The van der Waals surface area contributed by atoms with E-state index in [1.807, 2.05) is 19.9 Å². The van der Waals surface area contributed by atoms with E-state index in [0.29, 0.717) is 4.83 Å². The lowest BCUT2D eigenvalue weighted by Crippen LogP contribution is -2.33. The highest BCUT2D eigenvalue weighted by atomic mass is 79.9. The maximum atomic E-state index is 9.94. The minimum absolute atomic E-state index is 0.137. The Bertz CT molecular complexity index is 354. The van der Waals surface area contributed by atoms with E-state index in [0.717, 1.165) is 31.3 Å². The number of hydrogen-bond donors (Lipinski definition) is 1. The Morgan fingerprint density at radius 3 is 2.67 bits per heavy atom. The quantitative estimate of drug-likeness (QED) is 0.570. The van der Waals surface area contributed by atoms with Gasteiger partial charge < -0.3 is 5.11 Å². The minimum Gasteiger partial charge on any atom is -0.389 e. The molecule has 0 amide bonds. The second kappa shape index (κ2) is 6.58. The number of hydrogen-bond acceptors (Lipinski definition) is 1. The summed E-state index contributed by atoms with van der Waals surface area (Å²) in [4.78, 5) is 0.188. The normalized spacial score (nSPS) is 32.9. The van der Waals surface area contributed by atoms with E-state index in [9.17, 15) is 5.11 Å². The van der Waals surface area contributed by atoms with Crippen molar-refractivity contribution in [3.63, 3.8) is 0 Å². The molecule has 1 aliphatic carbocycles. The molecule has 104 valence electrons. The number of rotatable bonds is 3. The van der Waals surface area contributed by atoms with Gasteiger partial charge in [0.15, 0.2) is 0 Å². The number of alkyl halides is 2. The summed E-state index contributed by atoms with van der Waals surface area (Å²) in [5, 5.41) is 9.94. The minimum atomic E-state index is -0.361. The van der Waals surface area contributed by atoms with Gasteiger partial charge in [0.05, 0.1) is 11.0 Å². The van der Waals surface area contributed by atoms with Crippen LogP contribution in [0.3, 0.4) is 0 Å². The van der Waals surface area contributed by atoms with Gasteiger partial charge in [-0.15, -0.1) is 11.6 Å². The molecule has 0 bridgehead atoms. The fraction of sp³-hybridized carbons (Fsp3) is 0.733. The lowest BCUT2D eigenvalue weighted by molar-refractivity contribution is 0.222. The van der Waals surface area contributed by atoms with Crippen molar-refractivity contribution < 1.29 is 5.11 Å². The predicted octanol–water partition coefficient (Wildman–Crippen LogP) is 4.97. The molecule has 0 spiro atoms. The fourth-order valence-corrected chi connectivity index (χ4v) is 3.16. The Labute approximate surface area is 124 Å². The van der Waals surface area contributed by atoms with Gasteiger partial charge in [0, 0.05) is 4.83 Å². The van der Waals surface area contributed by atoms with Gasteiger partial charge in [-0.05, 0) is 53.4 Å². The molecule has 0 aliphatic heterocycles. The first kappa shape index (κ1) is 16.3. The second-order valence-electron chi connectivity index (χ2n) is 5.85. The van der Waals surface area contributed by atoms with Crippen molar-refractivity contribution in [3.05, 3.63) is 22.8 Å². The Morgan fingerprint density at radius 1 is 1.56 bits per heavy atom. The average Bonchev–Trinajstić information content (AvgIpc) is 2.20. The van der Waals surface area contributed by atoms with Gasteiger partial charge in [0.1, 0.15) is 0 Å². The predicted molar refractivity (Wildman–Crippen MR) is 83.6 cm³/mol. The van der Waals surface area contributed by atoms with Crippen LogP contribution >= 0.6 is 27.5 Å². The van der Waals surface area contributed by atoms with Crippen LogP contribution in [0.1, 0.15) is 53.4 Å². The van der Waals surface area contributed by atoms with E-state index in [4.69, 9.17) is 11.6 Å². The molecular weight excluding hydrogens is 312 g/mol. The topological polar surface area (TPSA) is 20.2 Å². The third-order valence-corrected chi connectivity index (χ3v) is 5.69. The van der Waals surface area contributed by atoms with Crippen LogP contribution < -0.4 is 0 Å². The van der Waals surface area contributed by atoms with Crippen LogP contribution in [-0.2, 0) is 0 Å². The molecule has 0 aromatic carbocycles. The molecule has 18 heavy (non-hydrogen) atoms. The largest absolute Gasteiger partial charge is 0.389 e. The summed E-state index contributed by atoms with van der Waals surface area (Å²) in [6, 6.07) is 0. The molecule has 1 nitrogen and oxygen atoms in total. The summed E-state index contributed by atoms with van der Waals surface area (Å²) in [6.45, 7) is 8.26. The molecule has 1 aliphatic rings. The maximum Gasteiger partial charge on any atom is 0.0760 e. The summed E-state index contributed by atoms with van der Waals surface area (Å²) in [5.41, 5.74) is 3.93. The highest BCUT2D eigenvalue weighted by molar-refractivity contribution is 9.09. The summed E-state index contributed by atoms with van der Waals surface area (Å²) in [6.07, 6.45) is 5.34. The maximum absolute atomic E-state index is 9.94. The first-order valence-corrected chi connectivity index (χ1v) is 7.85. The van der Waals surface area contributed by atoms with Crippen molar-refractivity contribution in [2.45, 2.75) is 69.2 Å². The molecule has 1 saturated carbocycles. The zero-order chi connectivity index (χ0) is 13.9. The van der Waals surface area contributed by atoms with Crippen LogP contribution in [0.25, 0.3) is 0 Å². The molecule has 3 heteroatoms. The molecule has 3 atom stereocenters. The smallest absolute Gasteiger partial charge is 0.0760 e. The van der Waals surface area contributed by atoms with E-state index in [1.54, 1.807) is 0 Å². The third-order valence-electron chi connectivity index (χ3n) is 3.64. The first-order valence-electron chi connectivity index (χ1n) is 6.56. The molecule has 3 unspecified atom stereocenters. The summed E-state index contributed by atoms with van der Waals surface area (Å²) in [5.74, 6) is 0. The van der Waals surface area contributed by atoms with Crippen LogP contribution in [0.4, 0.5) is 0 Å². The second-order valence-corrected chi connectivity index (χ2v) is 7.82. The van der Waals surface area contributed by atoms with Gasteiger partial charge in [-0.1, -0.05) is 38.7 Å². The van der Waals surface area contributed by atoms with Gasteiger partial charge in [-0.2, -0.15) is 0 Å². The molecule has 0 saturated heterocycles. The lowest BCUT2D eigenvalue weighted by Gasteiger charge is -2.35. The van der Waals surface area contributed by atoms with Gasteiger partial charge in [0.2, 0.25) is 0 Å². The number of aliphatic hydroxyl groups excluding tert-OH is 1. The summed E-state index contributed by atoms with van der Waals surface area (Å²) >= 11 is 10.1. The van der Waals surface area contributed by atoms with Crippen LogP contribution in [0.15, 0.2) is 22.8 Å². The van der Waals surface area contributed by atoms with Gasteiger partial charge in [-0.25, -0.2) is 0 Å². The molecule has 1 rings (SSSR count). The Balaban J connectivity index is 2.68. The highest BCUT2D eigenvalue weighted by Gasteiger charge is 2.35. The SMILES string of the molecule is CC(C)=CC(O)CC(C)=C1CCC(C)(Cl)C(Br)C1. The van der Waals surface area contributed by atoms with E-state index >= 15 is 0 Å². The van der Waals surface area contributed by atoms with Gasteiger partial charge in [0.25, 0.3) is 0 Å². The number of allylic oxidation sites excluding steroid dienone is 2. The van der Waals surface area contributed by atoms with Crippen LogP contribution in [0.2, 0.25) is 0 Å². The third kappa shape index (κ3) is 4.71. The molecule has 0 radical (unpaired) electrons. The average molecular weight is 336 g/mol. The molecular formula is C15H24BrClO. The number of aliphatic hydroxyl groups is 1. The Hall–Kier alpha value is 0.210. The van der Waals surface area contributed by atoms with Crippen molar-refractivity contribution in [3.8, 4) is 0 Å². The monoisotopic (exact) mass is 334 g/mol. The standard InChI is InChI=1S/C15H24BrClO/c1-10(2)7-13(18)8-11(3)12-5-6-15(4,17)14(16)9-12/h7,13-14,18H,5-6,8-9H2,1-4H3.